The lowest BCUT2D eigenvalue weighted by Gasteiger charge is -2.18. The largest absolute Gasteiger partial charge is 0.490 e. The van der Waals surface area contributed by atoms with E-state index in [-0.39, 0.29) is 11.3 Å². The summed E-state index contributed by atoms with van der Waals surface area (Å²) in [5.74, 6) is 1.41. The van der Waals surface area contributed by atoms with Crippen LogP contribution < -0.4 is 15.2 Å². The average molecular weight is 283 g/mol. The maximum absolute atomic E-state index is 12.5. The SMILES string of the molecule is CCC(N)C(C)S(=O)c1ccc2c(c1)OCCCO2. The number of hydrogen-bond donors (Lipinski definition) is 1. The van der Waals surface area contributed by atoms with Crippen LogP contribution in [-0.4, -0.2) is 28.7 Å². The molecule has 1 heterocycles. The van der Waals surface area contributed by atoms with Gasteiger partial charge in [-0.2, -0.15) is 0 Å². The fourth-order valence-corrected chi connectivity index (χ4v) is 3.34. The number of rotatable bonds is 4. The lowest BCUT2D eigenvalue weighted by molar-refractivity contribution is 0.297. The van der Waals surface area contributed by atoms with Crippen molar-refractivity contribution < 1.29 is 13.7 Å². The molecule has 0 saturated carbocycles. The molecule has 2 N–H and O–H groups in total. The van der Waals surface area contributed by atoms with Crippen LogP contribution in [0.4, 0.5) is 0 Å². The minimum atomic E-state index is -1.12. The Balaban J connectivity index is 2.21. The maximum Gasteiger partial charge on any atom is 0.162 e. The van der Waals surface area contributed by atoms with Gasteiger partial charge in [-0.05, 0) is 25.5 Å². The predicted octanol–water partition coefficient (Wildman–Crippen LogP) is 2.08. The van der Waals surface area contributed by atoms with Crippen LogP contribution >= 0.6 is 0 Å². The van der Waals surface area contributed by atoms with Crippen molar-refractivity contribution in [1.29, 1.82) is 0 Å². The van der Waals surface area contributed by atoms with Crippen LogP contribution in [0.5, 0.6) is 11.5 Å². The van der Waals surface area contributed by atoms with Gasteiger partial charge in [-0.25, -0.2) is 0 Å². The second kappa shape index (κ2) is 6.39. The van der Waals surface area contributed by atoms with Gasteiger partial charge >= 0.3 is 0 Å². The quantitative estimate of drug-likeness (QED) is 0.919. The molecule has 2 rings (SSSR count). The Hall–Kier alpha value is -1.07. The van der Waals surface area contributed by atoms with E-state index in [4.69, 9.17) is 15.2 Å². The summed E-state index contributed by atoms with van der Waals surface area (Å²) in [6, 6.07) is 5.42. The number of ether oxygens (including phenoxy) is 2. The summed E-state index contributed by atoms with van der Waals surface area (Å²) in [5.41, 5.74) is 5.97. The molecular formula is C14H21NO3S. The van der Waals surface area contributed by atoms with E-state index in [9.17, 15) is 4.21 Å². The third-order valence-corrected chi connectivity index (χ3v) is 5.11. The summed E-state index contributed by atoms with van der Waals surface area (Å²) in [6.45, 7) is 5.22. The third-order valence-electron chi connectivity index (χ3n) is 3.36. The van der Waals surface area contributed by atoms with Gasteiger partial charge in [-0.3, -0.25) is 4.21 Å². The first-order chi connectivity index (χ1) is 9.13. The lowest BCUT2D eigenvalue weighted by Crippen LogP contribution is -2.34. The van der Waals surface area contributed by atoms with E-state index >= 15 is 0 Å². The van der Waals surface area contributed by atoms with Crippen molar-refractivity contribution in [2.24, 2.45) is 5.73 Å². The zero-order valence-corrected chi connectivity index (χ0v) is 12.2. The minimum Gasteiger partial charge on any atom is -0.490 e. The highest BCUT2D eigenvalue weighted by Crippen LogP contribution is 2.32. The second-order valence-electron chi connectivity index (χ2n) is 4.73. The third kappa shape index (κ3) is 3.28. The van der Waals surface area contributed by atoms with Gasteiger partial charge in [0.25, 0.3) is 0 Å². The molecule has 1 aliphatic heterocycles. The number of fused-ring (bicyclic) bond motifs is 1. The van der Waals surface area contributed by atoms with Gasteiger partial charge < -0.3 is 15.2 Å². The molecule has 0 bridgehead atoms. The molecule has 3 atom stereocenters. The molecule has 1 aromatic carbocycles. The number of benzene rings is 1. The molecule has 3 unspecified atom stereocenters. The Bertz CT molecular complexity index is 464. The Morgan fingerprint density at radius 3 is 2.68 bits per heavy atom. The molecular weight excluding hydrogens is 262 g/mol. The van der Waals surface area contributed by atoms with E-state index in [1.54, 1.807) is 0 Å². The van der Waals surface area contributed by atoms with Crippen molar-refractivity contribution in [3.63, 3.8) is 0 Å². The van der Waals surface area contributed by atoms with Crippen molar-refractivity contribution in [2.75, 3.05) is 13.2 Å². The van der Waals surface area contributed by atoms with Crippen molar-refractivity contribution in [3.8, 4) is 11.5 Å². The van der Waals surface area contributed by atoms with Crippen LogP contribution in [0.3, 0.4) is 0 Å². The number of hydrogen-bond acceptors (Lipinski definition) is 4. The van der Waals surface area contributed by atoms with Gasteiger partial charge in [0, 0.05) is 23.4 Å². The molecule has 19 heavy (non-hydrogen) atoms. The zero-order chi connectivity index (χ0) is 13.8. The summed E-state index contributed by atoms with van der Waals surface area (Å²) >= 11 is 0. The van der Waals surface area contributed by atoms with Gasteiger partial charge in [-0.1, -0.05) is 6.92 Å². The molecule has 1 aromatic rings. The van der Waals surface area contributed by atoms with Crippen molar-refractivity contribution >= 4 is 10.8 Å². The average Bonchev–Trinajstić information content (AvgIpc) is 2.69. The van der Waals surface area contributed by atoms with E-state index in [1.807, 2.05) is 32.0 Å². The topological polar surface area (TPSA) is 61.6 Å². The fourth-order valence-electron chi connectivity index (χ4n) is 1.97. The van der Waals surface area contributed by atoms with Crippen LogP contribution in [0.2, 0.25) is 0 Å². The molecule has 0 saturated heterocycles. The smallest absolute Gasteiger partial charge is 0.162 e. The van der Waals surface area contributed by atoms with Crippen LogP contribution in [0.1, 0.15) is 26.7 Å². The minimum absolute atomic E-state index is 0.0585. The van der Waals surface area contributed by atoms with Crippen LogP contribution in [0.15, 0.2) is 23.1 Å². The fraction of sp³-hybridized carbons (Fsp3) is 0.571. The number of nitrogens with two attached hydrogens (primary N) is 1. The second-order valence-corrected chi connectivity index (χ2v) is 6.54. The molecule has 0 aliphatic carbocycles. The van der Waals surface area contributed by atoms with Crippen molar-refractivity contribution in [3.05, 3.63) is 18.2 Å². The van der Waals surface area contributed by atoms with E-state index in [1.165, 1.54) is 0 Å². The molecule has 0 fully saturated rings. The van der Waals surface area contributed by atoms with Crippen molar-refractivity contribution in [1.82, 2.24) is 0 Å². The van der Waals surface area contributed by atoms with E-state index in [2.05, 4.69) is 0 Å². The normalized spacial score (nSPS) is 19.3. The summed E-state index contributed by atoms with van der Waals surface area (Å²) < 4.78 is 23.6. The lowest BCUT2D eigenvalue weighted by atomic mass is 10.2. The first-order valence-corrected chi connectivity index (χ1v) is 7.90. The monoisotopic (exact) mass is 283 g/mol. The van der Waals surface area contributed by atoms with Crippen LogP contribution in [0, 0.1) is 0 Å². The van der Waals surface area contributed by atoms with E-state index in [0.29, 0.717) is 19.0 Å². The summed E-state index contributed by atoms with van der Waals surface area (Å²) in [4.78, 5) is 0.751. The zero-order valence-electron chi connectivity index (χ0n) is 11.4. The molecule has 0 aromatic heterocycles. The summed E-state index contributed by atoms with van der Waals surface area (Å²) in [6.07, 6.45) is 1.68. The van der Waals surface area contributed by atoms with Gasteiger partial charge in [0.05, 0.1) is 29.3 Å². The summed E-state index contributed by atoms with van der Waals surface area (Å²) in [5, 5.41) is -0.0743. The Kier molecular flexibility index (Phi) is 4.82. The Morgan fingerprint density at radius 2 is 2.00 bits per heavy atom. The van der Waals surface area contributed by atoms with Gasteiger partial charge in [0.2, 0.25) is 0 Å². The van der Waals surface area contributed by atoms with Gasteiger partial charge in [-0.15, -0.1) is 0 Å². The standard InChI is InChI=1S/C14H21NO3S/c1-3-12(15)10(2)19(16)11-5-6-13-14(9-11)18-8-4-7-17-13/h5-6,9-10,12H,3-4,7-8,15H2,1-2H3. The van der Waals surface area contributed by atoms with Crippen molar-refractivity contribution in [2.45, 2.75) is 42.9 Å². The summed E-state index contributed by atoms with van der Waals surface area (Å²) in [7, 11) is -1.12. The highest BCUT2D eigenvalue weighted by Gasteiger charge is 2.21. The maximum atomic E-state index is 12.5. The molecule has 0 spiro atoms. The van der Waals surface area contributed by atoms with E-state index < -0.39 is 10.8 Å². The van der Waals surface area contributed by atoms with Gasteiger partial charge in [0.15, 0.2) is 11.5 Å². The molecule has 1 aliphatic rings. The van der Waals surface area contributed by atoms with Crippen LogP contribution in [0.25, 0.3) is 0 Å². The molecule has 106 valence electrons. The highest BCUT2D eigenvalue weighted by molar-refractivity contribution is 7.85. The predicted molar refractivity (Wildman–Crippen MR) is 76.2 cm³/mol. The van der Waals surface area contributed by atoms with Crippen LogP contribution in [-0.2, 0) is 10.8 Å². The first kappa shape index (κ1) is 14.3. The van der Waals surface area contributed by atoms with Gasteiger partial charge in [0.1, 0.15) is 0 Å². The molecule has 5 heteroatoms. The molecule has 4 nitrogen and oxygen atoms in total. The Morgan fingerprint density at radius 1 is 1.32 bits per heavy atom. The Labute approximate surface area is 116 Å². The molecule has 0 amide bonds. The first-order valence-electron chi connectivity index (χ1n) is 6.69. The molecule has 0 radical (unpaired) electrons. The van der Waals surface area contributed by atoms with E-state index in [0.717, 1.165) is 23.5 Å². The highest BCUT2D eigenvalue weighted by atomic mass is 32.2.